The van der Waals surface area contributed by atoms with Crippen LogP contribution < -0.4 is 10.4 Å². The number of halogens is 3. The van der Waals surface area contributed by atoms with Crippen LogP contribution in [0.4, 0.5) is 0 Å². The van der Waals surface area contributed by atoms with Crippen molar-refractivity contribution in [2.24, 2.45) is 0 Å². The van der Waals surface area contributed by atoms with E-state index < -0.39 is 8.07 Å². The summed E-state index contributed by atoms with van der Waals surface area (Å²) < 4.78 is 0. The summed E-state index contributed by atoms with van der Waals surface area (Å²) in [6.07, 6.45) is 0. The fourth-order valence-corrected chi connectivity index (χ4v) is 5.58. The highest BCUT2D eigenvalue weighted by Gasteiger charge is 2.30. The molecular formula is C14H13Cl3Si. The van der Waals surface area contributed by atoms with Gasteiger partial charge >= 0.3 is 0 Å². The van der Waals surface area contributed by atoms with Gasteiger partial charge in [0.2, 0.25) is 0 Å². The van der Waals surface area contributed by atoms with Crippen molar-refractivity contribution in [2.75, 3.05) is 5.50 Å². The number of alkyl halides is 1. The Morgan fingerprint density at radius 3 is 1.39 bits per heavy atom. The second-order valence-corrected chi connectivity index (χ2v) is 10.2. The van der Waals surface area contributed by atoms with Crippen LogP contribution in [0.15, 0.2) is 48.5 Å². The van der Waals surface area contributed by atoms with Gasteiger partial charge in [0.15, 0.2) is 0 Å². The smallest absolute Gasteiger partial charge is 0.129 e. The molecule has 0 bridgehead atoms. The monoisotopic (exact) mass is 314 g/mol. The van der Waals surface area contributed by atoms with E-state index in [0.717, 1.165) is 10.0 Å². The Balaban J connectivity index is 2.47. The van der Waals surface area contributed by atoms with Gasteiger partial charge in [-0.15, -0.1) is 11.6 Å². The van der Waals surface area contributed by atoms with Gasteiger partial charge in [0.25, 0.3) is 0 Å². The van der Waals surface area contributed by atoms with E-state index in [1.807, 2.05) is 24.3 Å². The van der Waals surface area contributed by atoms with E-state index in [9.17, 15) is 0 Å². The number of benzene rings is 2. The van der Waals surface area contributed by atoms with Crippen LogP contribution in [-0.4, -0.2) is 13.6 Å². The zero-order valence-corrected chi connectivity index (χ0v) is 13.2. The molecule has 0 unspecified atom stereocenters. The van der Waals surface area contributed by atoms with Crippen LogP contribution >= 0.6 is 34.8 Å². The first-order valence-corrected chi connectivity index (χ1v) is 9.64. The van der Waals surface area contributed by atoms with Gasteiger partial charge in [-0.1, -0.05) is 64.4 Å². The standard InChI is InChI=1S/C14H13Cl3Si/c1-18(10-15,13-6-2-11(16)3-7-13)14-8-4-12(17)5-9-14/h2-9H,10H2,1H3. The van der Waals surface area contributed by atoms with Crippen LogP contribution in [0.2, 0.25) is 16.6 Å². The predicted molar refractivity (Wildman–Crippen MR) is 84.5 cm³/mol. The molecule has 2 aromatic rings. The average molecular weight is 316 g/mol. The maximum atomic E-state index is 6.25. The van der Waals surface area contributed by atoms with E-state index >= 15 is 0 Å². The van der Waals surface area contributed by atoms with E-state index in [4.69, 9.17) is 34.8 Å². The fourth-order valence-electron chi connectivity index (χ4n) is 1.96. The van der Waals surface area contributed by atoms with E-state index in [-0.39, 0.29) is 0 Å². The normalized spacial score (nSPS) is 11.6. The molecule has 0 aromatic heterocycles. The maximum absolute atomic E-state index is 6.25. The van der Waals surface area contributed by atoms with Crippen molar-refractivity contribution >= 4 is 53.3 Å². The first-order chi connectivity index (χ1) is 8.56. The highest BCUT2D eigenvalue weighted by molar-refractivity contribution is 7.04. The van der Waals surface area contributed by atoms with Crippen LogP contribution in [0.3, 0.4) is 0 Å². The van der Waals surface area contributed by atoms with Crippen LogP contribution in [0.5, 0.6) is 0 Å². The van der Waals surface area contributed by atoms with Crippen molar-refractivity contribution in [2.45, 2.75) is 6.55 Å². The summed E-state index contributed by atoms with van der Waals surface area (Å²) in [6.45, 7) is 2.26. The molecule has 0 aliphatic heterocycles. The molecule has 0 N–H and O–H groups in total. The minimum absolute atomic E-state index is 0.635. The van der Waals surface area contributed by atoms with Crippen LogP contribution in [-0.2, 0) is 0 Å². The Hall–Kier alpha value is -0.473. The van der Waals surface area contributed by atoms with Crippen molar-refractivity contribution in [3.8, 4) is 0 Å². The molecule has 0 spiro atoms. The van der Waals surface area contributed by atoms with Gasteiger partial charge in [-0.2, -0.15) is 0 Å². The molecule has 18 heavy (non-hydrogen) atoms. The van der Waals surface area contributed by atoms with Gasteiger partial charge in [0.1, 0.15) is 8.07 Å². The average Bonchev–Trinajstić information content (AvgIpc) is 2.39. The van der Waals surface area contributed by atoms with Crippen LogP contribution in [0.25, 0.3) is 0 Å². The zero-order valence-electron chi connectivity index (χ0n) is 9.96. The second-order valence-electron chi connectivity index (χ2n) is 4.48. The van der Waals surface area contributed by atoms with E-state index in [0.29, 0.717) is 5.50 Å². The van der Waals surface area contributed by atoms with Gasteiger partial charge in [-0.25, -0.2) is 0 Å². The quantitative estimate of drug-likeness (QED) is 0.594. The Kier molecular flexibility index (Phi) is 4.39. The number of rotatable bonds is 3. The highest BCUT2D eigenvalue weighted by atomic mass is 35.5. The van der Waals surface area contributed by atoms with E-state index in [1.165, 1.54) is 10.4 Å². The summed E-state index contributed by atoms with van der Waals surface area (Å²) in [5.74, 6) is 0. The fraction of sp³-hybridized carbons (Fsp3) is 0.143. The van der Waals surface area contributed by atoms with Crippen molar-refractivity contribution in [3.05, 3.63) is 58.6 Å². The van der Waals surface area contributed by atoms with Crippen molar-refractivity contribution < 1.29 is 0 Å². The number of hydrogen-bond donors (Lipinski definition) is 0. The van der Waals surface area contributed by atoms with Gasteiger partial charge in [-0.3, -0.25) is 0 Å². The minimum Gasteiger partial charge on any atom is -0.129 e. The molecule has 0 saturated heterocycles. The first kappa shape index (κ1) is 13.9. The molecule has 0 amide bonds. The SMILES string of the molecule is C[Si](CCl)(c1ccc(Cl)cc1)c1ccc(Cl)cc1. The minimum atomic E-state index is -1.87. The lowest BCUT2D eigenvalue weighted by Crippen LogP contribution is -2.57. The number of hydrogen-bond acceptors (Lipinski definition) is 0. The molecule has 0 heterocycles. The third-order valence-corrected chi connectivity index (χ3v) is 9.09. The molecular weight excluding hydrogens is 303 g/mol. The van der Waals surface area contributed by atoms with E-state index in [1.54, 1.807) is 0 Å². The summed E-state index contributed by atoms with van der Waals surface area (Å²) in [4.78, 5) is 0. The summed E-state index contributed by atoms with van der Waals surface area (Å²) in [6, 6.07) is 16.0. The molecule has 0 aliphatic carbocycles. The van der Waals surface area contributed by atoms with Gasteiger partial charge in [0.05, 0.1) is 0 Å². The Bertz CT molecular complexity index is 474. The highest BCUT2D eigenvalue weighted by Crippen LogP contribution is 2.13. The van der Waals surface area contributed by atoms with Crippen LogP contribution in [0, 0.1) is 0 Å². The van der Waals surface area contributed by atoms with E-state index in [2.05, 4.69) is 30.8 Å². The third kappa shape index (κ3) is 2.75. The Labute approximate surface area is 124 Å². The summed E-state index contributed by atoms with van der Waals surface area (Å²) in [5, 5.41) is 4.06. The lowest BCUT2D eigenvalue weighted by molar-refractivity contribution is 1.65. The third-order valence-electron chi connectivity index (χ3n) is 3.23. The van der Waals surface area contributed by atoms with Crippen LogP contribution in [0.1, 0.15) is 0 Å². The Morgan fingerprint density at radius 1 is 0.778 bits per heavy atom. The first-order valence-electron chi connectivity index (χ1n) is 5.64. The Morgan fingerprint density at radius 2 is 1.11 bits per heavy atom. The van der Waals surface area contributed by atoms with Gasteiger partial charge in [0, 0.05) is 15.5 Å². The summed E-state index contributed by atoms with van der Waals surface area (Å²) in [7, 11) is -1.87. The predicted octanol–water partition coefficient (Wildman–Crippen LogP) is 3.96. The van der Waals surface area contributed by atoms with Crippen molar-refractivity contribution in [1.82, 2.24) is 0 Å². The molecule has 94 valence electrons. The molecule has 0 aliphatic rings. The molecule has 4 heteroatoms. The lowest BCUT2D eigenvalue weighted by Gasteiger charge is -2.26. The van der Waals surface area contributed by atoms with Gasteiger partial charge < -0.3 is 0 Å². The summed E-state index contributed by atoms with van der Waals surface area (Å²) in [5.41, 5.74) is 0.635. The maximum Gasteiger partial charge on any atom is 0.129 e. The molecule has 2 aromatic carbocycles. The van der Waals surface area contributed by atoms with Crippen molar-refractivity contribution in [3.63, 3.8) is 0 Å². The summed E-state index contributed by atoms with van der Waals surface area (Å²) >= 11 is 18.1. The molecule has 0 atom stereocenters. The molecule has 0 nitrogen and oxygen atoms in total. The van der Waals surface area contributed by atoms with Crippen molar-refractivity contribution in [1.29, 1.82) is 0 Å². The topological polar surface area (TPSA) is 0 Å². The van der Waals surface area contributed by atoms with Gasteiger partial charge in [-0.05, 0) is 24.3 Å². The molecule has 0 saturated carbocycles. The largest absolute Gasteiger partial charge is 0.129 e. The molecule has 0 radical (unpaired) electrons. The lowest BCUT2D eigenvalue weighted by atomic mass is 10.4. The second kappa shape index (κ2) is 5.66. The molecule has 2 rings (SSSR count). The molecule has 0 fully saturated rings. The zero-order chi connectivity index (χ0) is 13.2.